The van der Waals surface area contributed by atoms with Crippen LogP contribution in [0.4, 0.5) is 0 Å². The average molecular weight is 234 g/mol. The Morgan fingerprint density at radius 3 is 3.00 bits per heavy atom. The molecule has 2 rings (SSSR count). The summed E-state index contributed by atoms with van der Waals surface area (Å²) in [6.45, 7) is 5.08. The Hall–Kier alpha value is -1.49. The van der Waals surface area contributed by atoms with E-state index >= 15 is 0 Å². The van der Waals surface area contributed by atoms with Gasteiger partial charge in [0, 0.05) is 37.2 Å². The first-order valence-corrected chi connectivity index (χ1v) is 5.97. The standard InChI is InChI=1S/C12H18N4O/c1-3-11-14-5-9-6-16(7-10(9)15-11)12(17)4-8(2)13/h5,8H,3-4,6-7,13H2,1-2H3. The number of aromatic nitrogens is 2. The van der Waals surface area contributed by atoms with Crippen LogP contribution in [-0.2, 0) is 24.3 Å². The lowest BCUT2D eigenvalue weighted by molar-refractivity contribution is -0.132. The van der Waals surface area contributed by atoms with Crippen molar-refractivity contribution >= 4 is 5.91 Å². The van der Waals surface area contributed by atoms with Gasteiger partial charge in [0.15, 0.2) is 0 Å². The Bertz CT molecular complexity index is 431. The van der Waals surface area contributed by atoms with Crippen LogP contribution in [0, 0.1) is 0 Å². The maximum absolute atomic E-state index is 11.9. The summed E-state index contributed by atoms with van der Waals surface area (Å²) in [7, 11) is 0. The van der Waals surface area contributed by atoms with Crippen LogP contribution >= 0.6 is 0 Å². The van der Waals surface area contributed by atoms with Crippen LogP contribution in [0.5, 0.6) is 0 Å². The van der Waals surface area contributed by atoms with E-state index in [-0.39, 0.29) is 11.9 Å². The van der Waals surface area contributed by atoms with Crippen molar-refractivity contribution in [2.45, 2.75) is 45.8 Å². The molecule has 0 radical (unpaired) electrons. The molecule has 0 bridgehead atoms. The second kappa shape index (κ2) is 4.79. The Kier molecular flexibility index (Phi) is 3.38. The van der Waals surface area contributed by atoms with Crippen molar-refractivity contribution in [1.29, 1.82) is 0 Å². The predicted molar refractivity (Wildman–Crippen MR) is 63.9 cm³/mol. The highest BCUT2D eigenvalue weighted by Crippen LogP contribution is 2.21. The van der Waals surface area contributed by atoms with Gasteiger partial charge in [-0.15, -0.1) is 0 Å². The molecule has 0 saturated heterocycles. The number of fused-ring (bicyclic) bond motifs is 1. The van der Waals surface area contributed by atoms with Gasteiger partial charge in [0.1, 0.15) is 5.82 Å². The van der Waals surface area contributed by atoms with E-state index in [1.807, 2.05) is 20.0 Å². The van der Waals surface area contributed by atoms with Crippen molar-refractivity contribution in [3.63, 3.8) is 0 Å². The Morgan fingerprint density at radius 2 is 2.35 bits per heavy atom. The number of nitrogens with two attached hydrogens (primary N) is 1. The lowest BCUT2D eigenvalue weighted by Crippen LogP contribution is -2.31. The molecule has 5 heteroatoms. The highest BCUT2D eigenvalue weighted by atomic mass is 16.2. The summed E-state index contributed by atoms with van der Waals surface area (Å²) in [4.78, 5) is 22.4. The van der Waals surface area contributed by atoms with Gasteiger partial charge < -0.3 is 10.6 Å². The molecule has 17 heavy (non-hydrogen) atoms. The molecule has 1 aliphatic rings. The lowest BCUT2D eigenvalue weighted by atomic mass is 10.2. The smallest absolute Gasteiger partial charge is 0.224 e. The molecule has 1 amide bonds. The largest absolute Gasteiger partial charge is 0.332 e. The van der Waals surface area contributed by atoms with Gasteiger partial charge in [-0.1, -0.05) is 6.92 Å². The van der Waals surface area contributed by atoms with Crippen LogP contribution in [0.3, 0.4) is 0 Å². The van der Waals surface area contributed by atoms with Gasteiger partial charge in [-0.3, -0.25) is 4.79 Å². The first kappa shape index (κ1) is 12.0. The highest BCUT2D eigenvalue weighted by molar-refractivity contribution is 5.77. The first-order valence-electron chi connectivity index (χ1n) is 5.97. The zero-order chi connectivity index (χ0) is 12.4. The van der Waals surface area contributed by atoms with Crippen molar-refractivity contribution in [1.82, 2.24) is 14.9 Å². The Balaban J connectivity index is 2.08. The molecular formula is C12H18N4O. The molecule has 1 aromatic rings. The third-order valence-electron chi connectivity index (χ3n) is 2.87. The number of nitrogens with zero attached hydrogens (tertiary/aromatic N) is 3. The van der Waals surface area contributed by atoms with Crippen molar-refractivity contribution in [2.24, 2.45) is 5.73 Å². The molecule has 1 unspecified atom stereocenters. The van der Waals surface area contributed by atoms with Gasteiger partial charge in [-0.2, -0.15) is 0 Å². The number of rotatable bonds is 3. The van der Waals surface area contributed by atoms with Gasteiger partial charge in [0.25, 0.3) is 0 Å². The fourth-order valence-electron chi connectivity index (χ4n) is 1.95. The number of hydrogen-bond acceptors (Lipinski definition) is 4. The summed E-state index contributed by atoms with van der Waals surface area (Å²) in [5.41, 5.74) is 7.67. The minimum atomic E-state index is -0.0940. The minimum Gasteiger partial charge on any atom is -0.332 e. The summed E-state index contributed by atoms with van der Waals surface area (Å²) < 4.78 is 0. The molecule has 0 spiro atoms. The molecule has 0 aliphatic carbocycles. The van der Waals surface area contributed by atoms with Crippen LogP contribution in [0.25, 0.3) is 0 Å². The summed E-state index contributed by atoms with van der Waals surface area (Å²) >= 11 is 0. The third-order valence-corrected chi connectivity index (χ3v) is 2.87. The van der Waals surface area contributed by atoms with Crippen LogP contribution in [0.15, 0.2) is 6.20 Å². The molecule has 5 nitrogen and oxygen atoms in total. The second-order valence-electron chi connectivity index (χ2n) is 4.54. The van der Waals surface area contributed by atoms with Gasteiger partial charge in [0.05, 0.1) is 12.2 Å². The molecule has 1 atom stereocenters. The van der Waals surface area contributed by atoms with Gasteiger partial charge in [-0.25, -0.2) is 9.97 Å². The quantitative estimate of drug-likeness (QED) is 0.832. The maximum Gasteiger partial charge on any atom is 0.224 e. The van der Waals surface area contributed by atoms with Crippen molar-refractivity contribution in [2.75, 3.05) is 0 Å². The number of amides is 1. The zero-order valence-corrected chi connectivity index (χ0v) is 10.3. The monoisotopic (exact) mass is 234 g/mol. The van der Waals surface area contributed by atoms with E-state index in [0.29, 0.717) is 19.5 Å². The molecule has 92 valence electrons. The second-order valence-corrected chi connectivity index (χ2v) is 4.54. The van der Waals surface area contributed by atoms with E-state index in [2.05, 4.69) is 9.97 Å². The predicted octanol–water partition coefficient (Wildman–Crippen LogP) is 0.619. The minimum absolute atomic E-state index is 0.0936. The number of carbonyl (C=O) groups is 1. The average Bonchev–Trinajstić information content (AvgIpc) is 2.70. The zero-order valence-electron chi connectivity index (χ0n) is 10.3. The summed E-state index contributed by atoms with van der Waals surface area (Å²) in [5, 5.41) is 0. The molecule has 2 heterocycles. The fraction of sp³-hybridized carbons (Fsp3) is 0.583. The molecule has 2 N–H and O–H groups in total. The molecule has 0 saturated carbocycles. The molecular weight excluding hydrogens is 216 g/mol. The van der Waals surface area contributed by atoms with Crippen LogP contribution in [0.1, 0.15) is 37.4 Å². The van der Waals surface area contributed by atoms with Crippen LogP contribution in [-0.4, -0.2) is 26.8 Å². The number of aryl methyl sites for hydroxylation is 1. The van der Waals surface area contributed by atoms with Crippen molar-refractivity contribution in [3.8, 4) is 0 Å². The molecule has 1 aromatic heterocycles. The lowest BCUT2D eigenvalue weighted by Gasteiger charge is -2.16. The molecule has 1 aliphatic heterocycles. The SMILES string of the molecule is CCc1ncc2c(n1)CN(C(=O)CC(C)N)C2. The highest BCUT2D eigenvalue weighted by Gasteiger charge is 2.25. The maximum atomic E-state index is 11.9. The topological polar surface area (TPSA) is 72.1 Å². The van der Waals surface area contributed by atoms with Gasteiger partial charge >= 0.3 is 0 Å². The molecule has 0 aromatic carbocycles. The van der Waals surface area contributed by atoms with E-state index < -0.39 is 0 Å². The van der Waals surface area contributed by atoms with Crippen molar-refractivity contribution in [3.05, 3.63) is 23.3 Å². The first-order chi connectivity index (χ1) is 8.10. The van der Waals surface area contributed by atoms with Crippen LogP contribution < -0.4 is 5.73 Å². The summed E-state index contributed by atoms with van der Waals surface area (Å²) in [6, 6.07) is -0.0940. The van der Waals surface area contributed by atoms with Gasteiger partial charge in [-0.05, 0) is 6.92 Å². The van der Waals surface area contributed by atoms with E-state index in [9.17, 15) is 4.79 Å². The summed E-state index contributed by atoms with van der Waals surface area (Å²) in [5.74, 6) is 0.932. The number of carbonyl (C=O) groups excluding carboxylic acids is 1. The van der Waals surface area contributed by atoms with Crippen LogP contribution in [0.2, 0.25) is 0 Å². The van der Waals surface area contributed by atoms with E-state index in [1.165, 1.54) is 0 Å². The van der Waals surface area contributed by atoms with Gasteiger partial charge in [0.2, 0.25) is 5.91 Å². The van der Waals surface area contributed by atoms with E-state index in [1.54, 1.807) is 4.90 Å². The van der Waals surface area contributed by atoms with Crippen molar-refractivity contribution < 1.29 is 4.79 Å². The Labute approximate surface area is 101 Å². The van der Waals surface area contributed by atoms with E-state index in [0.717, 1.165) is 23.5 Å². The fourth-order valence-corrected chi connectivity index (χ4v) is 1.95. The Morgan fingerprint density at radius 1 is 1.59 bits per heavy atom. The number of hydrogen-bond donors (Lipinski definition) is 1. The summed E-state index contributed by atoms with van der Waals surface area (Å²) in [6.07, 6.45) is 3.05. The molecule has 0 fully saturated rings. The third kappa shape index (κ3) is 2.61. The normalized spacial score (nSPS) is 15.8. The van der Waals surface area contributed by atoms with E-state index in [4.69, 9.17) is 5.73 Å².